The Kier molecular flexibility index (Phi) is 3.01. The Labute approximate surface area is 99.8 Å². The molecule has 0 aliphatic carbocycles. The Morgan fingerprint density at radius 1 is 1.44 bits per heavy atom. The molecule has 84 valence electrons. The Hall–Kier alpha value is -1.28. The van der Waals surface area contributed by atoms with Crippen LogP contribution in [-0.2, 0) is 11.2 Å². The monoisotopic (exact) mass is 235 g/mol. The minimum Gasteiger partial charge on any atom is -0.345 e. The molecule has 2 nitrogen and oxygen atoms in total. The van der Waals surface area contributed by atoms with Crippen LogP contribution in [0.4, 0.5) is 0 Å². The molecule has 0 bridgehead atoms. The first-order chi connectivity index (χ1) is 7.65. The number of benzene rings is 1. The average Bonchev–Trinajstić information content (AvgIpc) is 2.59. The molecule has 0 amide bonds. The number of aromatic nitrogens is 1. The molecule has 1 heterocycles. The fourth-order valence-corrected chi connectivity index (χ4v) is 2.31. The van der Waals surface area contributed by atoms with Crippen LogP contribution in [0.15, 0.2) is 24.4 Å². The summed E-state index contributed by atoms with van der Waals surface area (Å²) in [6.45, 7) is 4.23. The highest BCUT2D eigenvalue weighted by Gasteiger charge is 2.12. The standard InChI is InChI=1S/C13H14ClNO/c1-9(2)15-8-10(6-7-16)13-11(14)4-3-5-12(13)15/h3-5,7-9H,6H2,1-2H3. The quantitative estimate of drug-likeness (QED) is 0.745. The van der Waals surface area contributed by atoms with Crippen molar-refractivity contribution < 1.29 is 4.79 Å². The van der Waals surface area contributed by atoms with Gasteiger partial charge in [-0.1, -0.05) is 17.7 Å². The maximum absolute atomic E-state index is 10.7. The van der Waals surface area contributed by atoms with Gasteiger partial charge in [-0.05, 0) is 31.5 Å². The zero-order chi connectivity index (χ0) is 11.7. The number of nitrogens with zero attached hydrogens (tertiary/aromatic N) is 1. The molecule has 0 saturated carbocycles. The fourth-order valence-electron chi connectivity index (χ4n) is 2.02. The molecule has 16 heavy (non-hydrogen) atoms. The Morgan fingerprint density at radius 3 is 2.81 bits per heavy atom. The van der Waals surface area contributed by atoms with Crippen LogP contribution in [0, 0.1) is 0 Å². The minimum atomic E-state index is 0.362. The van der Waals surface area contributed by atoms with Gasteiger partial charge in [0.15, 0.2) is 0 Å². The predicted molar refractivity (Wildman–Crippen MR) is 67.1 cm³/mol. The smallest absolute Gasteiger partial charge is 0.124 e. The largest absolute Gasteiger partial charge is 0.345 e. The SMILES string of the molecule is CC(C)n1cc(CC=O)c2c(Cl)cccc21. The summed E-state index contributed by atoms with van der Waals surface area (Å²) in [4.78, 5) is 10.7. The number of hydrogen-bond acceptors (Lipinski definition) is 1. The average molecular weight is 236 g/mol. The number of fused-ring (bicyclic) bond motifs is 1. The molecule has 0 spiro atoms. The molecule has 2 rings (SSSR count). The summed E-state index contributed by atoms with van der Waals surface area (Å²) in [5, 5.41) is 1.72. The zero-order valence-corrected chi connectivity index (χ0v) is 10.2. The van der Waals surface area contributed by atoms with E-state index in [1.54, 1.807) is 0 Å². The highest BCUT2D eigenvalue weighted by atomic mass is 35.5. The van der Waals surface area contributed by atoms with Gasteiger partial charge in [-0.2, -0.15) is 0 Å². The van der Waals surface area contributed by atoms with Crippen LogP contribution >= 0.6 is 11.6 Å². The Balaban J connectivity index is 2.76. The number of rotatable bonds is 3. The van der Waals surface area contributed by atoms with E-state index in [0.29, 0.717) is 17.5 Å². The van der Waals surface area contributed by atoms with E-state index in [-0.39, 0.29) is 0 Å². The molecule has 0 unspecified atom stereocenters. The number of carbonyl (C=O) groups excluding carboxylic acids is 1. The fraction of sp³-hybridized carbons (Fsp3) is 0.308. The molecule has 0 N–H and O–H groups in total. The molecule has 0 aliphatic rings. The Bertz CT molecular complexity index is 528. The van der Waals surface area contributed by atoms with Gasteiger partial charge in [-0.15, -0.1) is 0 Å². The van der Waals surface area contributed by atoms with Gasteiger partial charge in [-0.25, -0.2) is 0 Å². The van der Waals surface area contributed by atoms with Crippen molar-refractivity contribution in [3.8, 4) is 0 Å². The van der Waals surface area contributed by atoms with Crippen molar-refractivity contribution in [2.24, 2.45) is 0 Å². The second kappa shape index (κ2) is 4.30. The number of carbonyl (C=O) groups is 1. The second-order valence-electron chi connectivity index (χ2n) is 4.16. The van der Waals surface area contributed by atoms with Crippen LogP contribution in [0.3, 0.4) is 0 Å². The summed E-state index contributed by atoms with van der Waals surface area (Å²) >= 11 is 6.19. The maximum atomic E-state index is 10.7. The van der Waals surface area contributed by atoms with Gasteiger partial charge in [0.25, 0.3) is 0 Å². The highest BCUT2D eigenvalue weighted by molar-refractivity contribution is 6.35. The van der Waals surface area contributed by atoms with E-state index in [1.807, 2.05) is 24.4 Å². The molecule has 0 saturated heterocycles. The summed E-state index contributed by atoms with van der Waals surface area (Å²) < 4.78 is 2.15. The molecule has 0 atom stereocenters. The van der Waals surface area contributed by atoms with Gasteiger partial charge < -0.3 is 9.36 Å². The van der Waals surface area contributed by atoms with Gasteiger partial charge in [0.2, 0.25) is 0 Å². The first kappa shape index (κ1) is 11.2. The first-order valence-corrected chi connectivity index (χ1v) is 5.74. The van der Waals surface area contributed by atoms with E-state index >= 15 is 0 Å². The molecule has 0 radical (unpaired) electrons. The van der Waals surface area contributed by atoms with Crippen molar-refractivity contribution in [2.75, 3.05) is 0 Å². The van der Waals surface area contributed by atoms with Crippen molar-refractivity contribution in [1.29, 1.82) is 0 Å². The summed E-state index contributed by atoms with van der Waals surface area (Å²) in [6.07, 6.45) is 3.36. The van der Waals surface area contributed by atoms with Crippen LogP contribution in [-0.4, -0.2) is 10.9 Å². The lowest BCUT2D eigenvalue weighted by atomic mass is 10.1. The first-order valence-electron chi connectivity index (χ1n) is 5.36. The third kappa shape index (κ3) is 1.74. The molecule has 3 heteroatoms. The topological polar surface area (TPSA) is 22.0 Å². The van der Waals surface area contributed by atoms with E-state index in [9.17, 15) is 4.79 Å². The van der Waals surface area contributed by atoms with Crippen molar-refractivity contribution in [2.45, 2.75) is 26.3 Å². The minimum absolute atomic E-state index is 0.362. The van der Waals surface area contributed by atoms with Crippen molar-refractivity contribution in [3.63, 3.8) is 0 Å². The molecule has 1 aromatic carbocycles. The summed E-state index contributed by atoms with van der Waals surface area (Å²) in [7, 11) is 0. The lowest BCUT2D eigenvalue weighted by molar-refractivity contribution is -0.107. The van der Waals surface area contributed by atoms with E-state index in [1.165, 1.54) is 0 Å². The summed E-state index contributed by atoms with van der Waals surface area (Å²) in [5.74, 6) is 0. The van der Waals surface area contributed by atoms with Gasteiger partial charge in [0.1, 0.15) is 6.29 Å². The lowest BCUT2D eigenvalue weighted by Crippen LogP contribution is -1.97. The number of aldehydes is 1. The molecular weight excluding hydrogens is 222 g/mol. The van der Waals surface area contributed by atoms with Gasteiger partial charge in [0.05, 0.1) is 10.5 Å². The van der Waals surface area contributed by atoms with Gasteiger partial charge >= 0.3 is 0 Å². The van der Waals surface area contributed by atoms with Crippen LogP contribution in [0.5, 0.6) is 0 Å². The second-order valence-corrected chi connectivity index (χ2v) is 4.57. The van der Waals surface area contributed by atoms with Crippen molar-refractivity contribution in [1.82, 2.24) is 4.57 Å². The number of halogens is 1. The molecular formula is C13H14ClNO. The maximum Gasteiger partial charge on any atom is 0.124 e. The molecule has 0 fully saturated rings. The van der Waals surface area contributed by atoms with Crippen molar-refractivity contribution >= 4 is 28.8 Å². The third-order valence-corrected chi connectivity index (χ3v) is 3.06. The third-order valence-electron chi connectivity index (χ3n) is 2.75. The summed E-state index contributed by atoms with van der Waals surface area (Å²) in [6, 6.07) is 6.20. The highest BCUT2D eigenvalue weighted by Crippen LogP contribution is 2.30. The van der Waals surface area contributed by atoms with Crippen molar-refractivity contribution in [3.05, 3.63) is 35.0 Å². The van der Waals surface area contributed by atoms with Crippen LogP contribution < -0.4 is 0 Å². The molecule has 2 aromatic rings. The number of hydrogen-bond donors (Lipinski definition) is 0. The normalized spacial score (nSPS) is 11.2. The predicted octanol–water partition coefficient (Wildman–Crippen LogP) is 3.62. The van der Waals surface area contributed by atoms with Crippen LogP contribution in [0.1, 0.15) is 25.5 Å². The van der Waals surface area contributed by atoms with Crippen LogP contribution in [0.2, 0.25) is 5.02 Å². The van der Waals surface area contributed by atoms with E-state index in [4.69, 9.17) is 11.6 Å². The lowest BCUT2D eigenvalue weighted by Gasteiger charge is -2.08. The van der Waals surface area contributed by atoms with Crippen LogP contribution in [0.25, 0.3) is 10.9 Å². The molecule has 0 aliphatic heterocycles. The van der Waals surface area contributed by atoms with E-state index < -0.39 is 0 Å². The van der Waals surface area contributed by atoms with E-state index in [2.05, 4.69) is 18.4 Å². The molecule has 1 aromatic heterocycles. The Morgan fingerprint density at radius 2 is 2.19 bits per heavy atom. The summed E-state index contributed by atoms with van der Waals surface area (Å²) in [5.41, 5.74) is 2.10. The van der Waals surface area contributed by atoms with Gasteiger partial charge in [-0.3, -0.25) is 0 Å². The van der Waals surface area contributed by atoms with Gasteiger partial charge in [0, 0.05) is 24.0 Å². The zero-order valence-electron chi connectivity index (χ0n) is 9.40. The van der Waals surface area contributed by atoms with E-state index in [0.717, 1.165) is 22.8 Å².